The highest BCUT2D eigenvalue weighted by atomic mass is 16.5. The molecule has 0 unspecified atom stereocenters. The molecule has 162 valence electrons. The van der Waals surface area contributed by atoms with Crippen LogP contribution in [0.3, 0.4) is 0 Å². The monoisotopic (exact) mass is 419 g/mol. The number of benzene rings is 2. The SMILES string of the molecule is COc1ccc(Nc2cc(C(=O)NC3CCC(C)CC3)c3ccccc3n2)cc1OC. The van der Waals surface area contributed by atoms with E-state index in [1.807, 2.05) is 48.5 Å². The number of nitrogens with one attached hydrogen (secondary N) is 2. The van der Waals surface area contributed by atoms with E-state index in [0.717, 1.165) is 48.2 Å². The van der Waals surface area contributed by atoms with Crippen LogP contribution in [0.4, 0.5) is 11.5 Å². The second kappa shape index (κ2) is 9.25. The number of anilines is 2. The number of carbonyl (C=O) groups excluding carboxylic acids is 1. The van der Waals surface area contributed by atoms with E-state index in [-0.39, 0.29) is 11.9 Å². The van der Waals surface area contributed by atoms with Gasteiger partial charge in [-0.3, -0.25) is 4.79 Å². The average Bonchev–Trinajstić information content (AvgIpc) is 2.80. The highest BCUT2D eigenvalue weighted by Gasteiger charge is 2.22. The predicted molar refractivity (Wildman–Crippen MR) is 123 cm³/mol. The van der Waals surface area contributed by atoms with Gasteiger partial charge in [-0.05, 0) is 55.9 Å². The number of carbonyl (C=O) groups is 1. The first-order chi connectivity index (χ1) is 15.1. The minimum Gasteiger partial charge on any atom is -0.493 e. The Morgan fingerprint density at radius 2 is 1.71 bits per heavy atom. The number of rotatable bonds is 6. The summed E-state index contributed by atoms with van der Waals surface area (Å²) >= 11 is 0. The number of para-hydroxylation sites is 1. The van der Waals surface area contributed by atoms with E-state index in [9.17, 15) is 4.79 Å². The fourth-order valence-corrected chi connectivity index (χ4v) is 4.16. The van der Waals surface area contributed by atoms with Crippen LogP contribution in [0.15, 0.2) is 48.5 Å². The summed E-state index contributed by atoms with van der Waals surface area (Å²) in [7, 11) is 3.21. The normalized spacial score (nSPS) is 18.4. The molecule has 1 aliphatic carbocycles. The standard InChI is InChI=1S/C25H29N3O3/c1-16-8-10-17(11-9-16)27-25(29)20-15-24(28-21-7-5-4-6-19(20)21)26-18-12-13-22(30-2)23(14-18)31-3/h4-7,12-17H,8-11H2,1-3H3,(H,26,28)(H,27,29). The van der Waals surface area contributed by atoms with Crippen molar-refractivity contribution in [2.24, 2.45) is 5.92 Å². The van der Waals surface area contributed by atoms with Gasteiger partial charge in [0.25, 0.3) is 5.91 Å². The maximum absolute atomic E-state index is 13.2. The molecule has 1 aromatic heterocycles. The Morgan fingerprint density at radius 3 is 2.45 bits per heavy atom. The summed E-state index contributed by atoms with van der Waals surface area (Å²) in [5, 5.41) is 7.39. The average molecular weight is 420 g/mol. The van der Waals surface area contributed by atoms with Crippen LogP contribution in [0.2, 0.25) is 0 Å². The zero-order chi connectivity index (χ0) is 21.8. The Labute approximate surface area is 183 Å². The Morgan fingerprint density at radius 1 is 0.968 bits per heavy atom. The van der Waals surface area contributed by atoms with Gasteiger partial charge < -0.3 is 20.1 Å². The van der Waals surface area contributed by atoms with Gasteiger partial charge in [-0.1, -0.05) is 25.1 Å². The van der Waals surface area contributed by atoms with E-state index < -0.39 is 0 Å². The molecule has 1 fully saturated rings. The van der Waals surface area contributed by atoms with Crippen LogP contribution in [-0.4, -0.2) is 31.2 Å². The fourth-order valence-electron chi connectivity index (χ4n) is 4.16. The molecule has 0 aliphatic heterocycles. The first-order valence-corrected chi connectivity index (χ1v) is 10.8. The Kier molecular flexibility index (Phi) is 6.26. The van der Waals surface area contributed by atoms with Gasteiger partial charge in [0.2, 0.25) is 0 Å². The second-order valence-corrected chi connectivity index (χ2v) is 8.20. The molecule has 2 N–H and O–H groups in total. The molecule has 1 heterocycles. The van der Waals surface area contributed by atoms with Gasteiger partial charge in [-0.25, -0.2) is 4.98 Å². The summed E-state index contributed by atoms with van der Waals surface area (Å²) in [5.41, 5.74) is 2.20. The summed E-state index contributed by atoms with van der Waals surface area (Å²) in [4.78, 5) is 17.9. The van der Waals surface area contributed by atoms with Gasteiger partial charge in [-0.2, -0.15) is 0 Å². The minimum atomic E-state index is -0.0477. The van der Waals surface area contributed by atoms with Crippen LogP contribution in [0, 0.1) is 5.92 Å². The quantitative estimate of drug-likeness (QED) is 0.567. The van der Waals surface area contributed by atoms with Crippen LogP contribution >= 0.6 is 0 Å². The maximum Gasteiger partial charge on any atom is 0.252 e. The van der Waals surface area contributed by atoms with Gasteiger partial charge in [-0.15, -0.1) is 0 Å². The molecule has 2 aromatic carbocycles. The van der Waals surface area contributed by atoms with Crippen molar-refractivity contribution in [3.63, 3.8) is 0 Å². The number of hydrogen-bond donors (Lipinski definition) is 2. The first-order valence-electron chi connectivity index (χ1n) is 10.8. The lowest BCUT2D eigenvalue weighted by Crippen LogP contribution is -2.37. The molecule has 31 heavy (non-hydrogen) atoms. The Bertz CT molecular complexity index is 1070. The van der Waals surface area contributed by atoms with Crippen LogP contribution in [0.25, 0.3) is 10.9 Å². The van der Waals surface area contributed by atoms with Crippen LogP contribution < -0.4 is 20.1 Å². The van der Waals surface area contributed by atoms with Crippen molar-refractivity contribution in [3.8, 4) is 11.5 Å². The van der Waals surface area contributed by atoms with Crippen molar-refractivity contribution < 1.29 is 14.3 Å². The van der Waals surface area contributed by atoms with Crippen LogP contribution in [0.5, 0.6) is 11.5 Å². The highest BCUT2D eigenvalue weighted by Crippen LogP contribution is 2.32. The molecule has 0 spiro atoms. The minimum absolute atomic E-state index is 0.0477. The van der Waals surface area contributed by atoms with Gasteiger partial charge in [0, 0.05) is 23.2 Å². The highest BCUT2D eigenvalue weighted by molar-refractivity contribution is 6.07. The summed E-state index contributed by atoms with van der Waals surface area (Å²) in [5.74, 6) is 2.58. The topological polar surface area (TPSA) is 72.5 Å². The molecule has 3 aromatic rings. The number of methoxy groups -OCH3 is 2. The Balaban J connectivity index is 1.62. The van der Waals surface area contributed by atoms with Crippen molar-refractivity contribution in [1.82, 2.24) is 10.3 Å². The van der Waals surface area contributed by atoms with E-state index in [4.69, 9.17) is 14.5 Å². The third-order valence-corrected chi connectivity index (χ3v) is 5.97. The molecule has 1 saturated carbocycles. The number of fused-ring (bicyclic) bond motifs is 1. The molecule has 6 heteroatoms. The molecular formula is C25H29N3O3. The number of hydrogen-bond acceptors (Lipinski definition) is 5. The number of pyridine rings is 1. The third kappa shape index (κ3) is 4.74. The van der Waals surface area contributed by atoms with Crippen LogP contribution in [-0.2, 0) is 0 Å². The molecule has 6 nitrogen and oxygen atoms in total. The van der Waals surface area contributed by atoms with Gasteiger partial charge in [0.1, 0.15) is 5.82 Å². The van der Waals surface area contributed by atoms with Crippen LogP contribution in [0.1, 0.15) is 43.0 Å². The lowest BCUT2D eigenvalue weighted by Gasteiger charge is -2.27. The first kappa shape index (κ1) is 21.0. The van der Waals surface area contributed by atoms with Crippen molar-refractivity contribution in [2.75, 3.05) is 19.5 Å². The zero-order valence-corrected chi connectivity index (χ0v) is 18.3. The van der Waals surface area contributed by atoms with Crippen molar-refractivity contribution in [1.29, 1.82) is 0 Å². The number of ether oxygens (including phenoxy) is 2. The van der Waals surface area contributed by atoms with Gasteiger partial charge in [0.05, 0.1) is 25.3 Å². The van der Waals surface area contributed by atoms with E-state index in [1.54, 1.807) is 14.2 Å². The van der Waals surface area contributed by atoms with E-state index >= 15 is 0 Å². The molecule has 4 rings (SSSR count). The molecule has 1 amide bonds. The van der Waals surface area contributed by atoms with E-state index in [2.05, 4.69) is 17.6 Å². The smallest absolute Gasteiger partial charge is 0.252 e. The lowest BCUT2D eigenvalue weighted by molar-refractivity contribution is 0.0924. The predicted octanol–water partition coefficient (Wildman–Crippen LogP) is 5.30. The fraction of sp³-hybridized carbons (Fsp3) is 0.360. The zero-order valence-electron chi connectivity index (χ0n) is 18.3. The molecule has 0 bridgehead atoms. The number of amides is 1. The summed E-state index contributed by atoms with van der Waals surface area (Å²) in [6.45, 7) is 2.28. The second-order valence-electron chi connectivity index (χ2n) is 8.20. The largest absolute Gasteiger partial charge is 0.493 e. The Hall–Kier alpha value is -3.28. The van der Waals surface area contributed by atoms with E-state index in [0.29, 0.717) is 22.9 Å². The summed E-state index contributed by atoms with van der Waals surface area (Å²) < 4.78 is 10.7. The third-order valence-electron chi connectivity index (χ3n) is 5.97. The summed E-state index contributed by atoms with van der Waals surface area (Å²) in [6.07, 6.45) is 4.39. The van der Waals surface area contributed by atoms with Crippen molar-refractivity contribution in [3.05, 3.63) is 54.1 Å². The molecule has 0 atom stereocenters. The summed E-state index contributed by atoms with van der Waals surface area (Å²) in [6, 6.07) is 15.4. The molecule has 0 radical (unpaired) electrons. The van der Waals surface area contributed by atoms with Gasteiger partial charge in [0.15, 0.2) is 11.5 Å². The number of aromatic nitrogens is 1. The maximum atomic E-state index is 13.2. The van der Waals surface area contributed by atoms with E-state index in [1.165, 1.54) is 0 Å². The molecule has 1 aliphatic rings. The molecular weight excluding hydrogens is 390 g/mol. The van der Waals surface area contributed by atoms with Crippen molar-refractivity contribution >= 4 is 28.3 Å². The van der Waals surface area contributed by atoms with Crippen molar-refractivity contribution in [2.45, 2.75) is 38.6 Å². The number of nitrogens with zero attached hydrogens (tertiary/aromatic N) is 1. The molecule has 0 saturated heterocycles. The van der Waals surface area contributed by atoms with Gasteiger partial charge >= 0.3 is 0 Å². The lowest BCUT2D eigenvalue weighted by atomic mass is 9.87.